The van der Waals surface area contributed by atoms with Gasteiger partial charge in [0.2, 0.25) is 0 Å². The average Bonchev–Trinajstić information content (AvgIpc) is 2.61. The summed E-state index contributed by atoms with van der Waals surface area (Å²) in [5.41, 5.74) is 0.746. The minimum Gasteiger partial charge on any atom is -0.497 e. The summed E-state index contributed by atoms with van der Waals surface area (Å²) in [7, 11) is 1.65. The number of ether oxygens (including phenoxy) is 2. The van der Waals surface area contributed by atoms with Gasteiger partial charge in [-0.15, -0.1) is 0 Å². The van der Waals surface area contributed by atoms with Crippen molar-refractivity contribution in [2.75, 3.05) is 13.7 Å². The van der Waals surface area contributed by atoms with Gasteiger partial charge in [0.25, 0.3) is 0 Å². The van der Waals surface area contributed by atoms with Crippen molar-refractivity contribution in [2.24, 2.45) is 0 Å². The Morgan fingerprint density at radius 1 is 1.29 bits per heavy atom. The molecule has 1 heterocycles. The molecule has 1 amide bonds. The Morgan fingerprint density at radius 3 is 2.50 bits per heavy atom. The number of nitrogens with zero attached hydrogens (tertiary/aromatic N) is 1. The van der Waals surface area contributed by atoms with Crippen molar-refractivity contribution >= 4 is 6.09 Å². The van der Waals surface area contributed by atoms with Crippen molar-refractivity contribution in [3.63, 3.8) is 0 Å². The number of aliphatic hydroxyl groups is 1. The molecule has 1 saturated heterocycles. The summed E-state index contributed by atoms with van der Waals surface area (Å²) >= 11 is 0. The molecule has 132 valence electrons. The van der Waals surface area contributed by atoms with Crippen molar-refractivity contribution in [2.45, 2.75) is 63.2 Å². The van der Waals surface area contributed by atoms with Gasteiger partial charge in [-0.05, 0) is 49.8 Å². The van der Waals surface area contributed by atoms with Crippen LogP contribution in [0.2, 0.25) is 0 Å². The highest BCUT2D eigenvalue weighted by Gasteiger charge is 2.44. The molecule has 3 rings (SSSR count). The zero-order valence-electron chi connectivity index (χ0n) is 14.5. The van der Waals surface area contributed by atoms with Crippen LogP contribution in [0.1, 0.15) is 57.1 Å². The molecule has 2 fully saturated rings. The maximum Gasteiger partial charge on any atom is 0.410 e. The van der Waals surface area contributed by atoms with E-state index in [1.807, 2.05) is 29.2 Å². The molecule has 5 heteroatoms. The fraction of sp³-hybridized carbons (Fsp3) is 0.632. The molecule has 1 spiro atoms. The Hall–Kier alpha value is -1.75. The first-order chi connectivity index (χ1) is 11.6. The van der Waals surface area contributed by atoms with Crippen molar-refractivity contribution in [1.29, 1.82) is 0 Å². The topological polar surface area (TPSA) is 59.0 Å². The van der Waals surface area contributed by atoms with Crippen LogP contribution in [0, 0.1) is 0 Å². The molecule has 1 aliphatic heterocycles. The van der Waals surface area contributed by atoms with Crippen LogP contribution in [0.25, 0.3) is 0 Å². The zero-order valence-corrected chi connectivity index (χ0v) is 14.5. The van der Waals surface area contributed by atoms with Crippen LogP contribution in [-0.4, -0.2) is 41.5 Å². The van der Waals surface area contributed by atoms with Gasteiger partial charge in [0, 0.05) is 13.0 Å². The van der Waals surface area contributed by atoms with Crippen LogP contribution in [0.3, 0.4) is 0 Å². The number of aliphatic hydroxyl groups excluding tert-OH is 1. The van der Waals surface area contributed by atoms with Crippen molar-refractivity contribution in [3.05, 3.63) is 29.8 Å². The largest absolute Gasteiger partial charge is 0.497 e. The van der Waals surface area contributed by atoms with Gasteiger partial charge < -0.3 is 19.5 Å². The maximum absolute atomic E-state index is 12.7. The summed E-state index contributed by atoms with van der Waals surface area (Å²) in [6.45, 7) is 2.79. The highest BCUT2D eigenvalue weighted by atomic mass is 16.6. The van der Waals surface area contributed by atoms with E-state index in [1.165, 1.54) is 0 Å². The molecular weight excluding hydrogens is 306 g/mol. The Balaban J connectivity index is 1.71. The molecule has 1 aliphatic carbocycles. The van der Waals surface area contributed by atoms with E-state index < -0.39 is 0 Å². The van der Waals surface area contributed by atoms with Gasteiger partial charge in [0.15, 0.2) is 0 Å². The van der Waals surface area contributed by atoms with Crippen LogP contribution < -0.4 is 4.74 Å². The monoisotopic (exact) mass is 333 g/mol. The smallest absolute Gasteiger partial charge is 0.410 e. The standard InChI is InChI=1S/C19H27NO4/c1-3-17(14-4-6-16(23-2)7-5-14)20-13-12-19(24-18(20)22)10-8-15(21)9-11-19/h4-7,15,17,21H,3,8-13H2,1-2H3/t15-,17-,19+/m0/s1. The Morgan fingerprint density at radius 2 is 1.96 bits per heavy atom. The summed E-state index contributed by atoms with van der Waals surface area (Å²) in [4.78, 5) is 14.5. The van der Waals surface area contributed by atoms with Crippen molar-refractivity contribution in [1.82, 2.24) is 4.90 Å². The molecule has 2 aliphatic rings. The lowest BCUT2D eigenvalue weighted by Crippen LogP contribution is -2.52. The van der Waals surface area contributed by atoms with Gasteiger partial charge in [-0.3, -0.25) is 0 Å². The van der Waals surface area contributed by atoms with Crippen molar-refractivity contribution < 1.29 is 19.4 Å². The van der Waals surface area contributed by atoms with Gasteiger partial charge in [-0.1, -0.05) is 19.1 Å². The highest BCUT2D eigenvalue weighted by molar-refractivity contribution is 5.70. The number of methoxy groups -OCH3 is 1. The molecule has 1 N–H and O–H groups in total. The lowest BCUT2D eigenvalue weighted by molar-refractivity contribution is -0.0920. The van der Waals surface area contributed by atoms with E-state index in [0.29, 0.717) is 6.54 Å². The predicted molar refractivity (Wildman–Crippen MR) is 91.0 cm³/mol. The third-order valence-corrected chi connectivity index (χ3v) is 5.48. The van der Waals surface area contributed by atoms with Crippen LogP contribution in [0.5, 0.6) is 5.75 Å². The number of hydrogen-bond acceptors (Lipinski definition) is 4. The number of hydrogen-bond donors (Lipinski definition) is 1. The third-order valence-electron chi connectivity index (χ3n) is 5.48. The number of carbonyl (C=O) groups excluding carboxylic acids is 1. The molecule has 0 radical (unpaired) electrons. The molecule has 1 aromatic rings. The normalized spacial score (nSPS) is 28.5. The van der Waals surface area contributed by atoms with Crippen LogP contribution in [0.15, 0.2) is 24.3 Å². The minimum atomic E-state index is -0.356. The molecule has 0 aromatic heterocycles. The number of carbonyl (C=O) groups is 1. The third kappa shape index (κ3) is 3.36. The second-order valence-corrected chi connectivity index (χ2v) is 6.92. The van der Waals surface area contributed by atoms with E-state index in [1.54, 1.807) is 7.11 Å². The second-order valence-electron chi connectivity index (χ2n) is 6.92. The number of rotatable bonds is 4. The van der Waals surface area contributed by atoms with Gasteiger partial charge >= 0.3 is 6.09 Å². The first-order valence-corrected chi connectivity index (χ1v) is 8.88. The summed E-state index contributed by atoms with van der Waals surface area (Å²) in [5, 5.41) is 9.70. The zero-order chi connectivity index (χ0) is 17.2. The highest BCUT2D eigenvalue weighted by Crippen LogP contribution is 2.40. The first kappa shape index (κ1) is 17.1. The van der Waals surface area contributed by atoms with E-state index >= 15 is 0 Å². The fourth-order valence-corrected chi connectivity index (χ4v) is 3.94. The van der Waals surface area contributed by atoms with Crippen molar-refractivity contribution in [3.8, 4) is 5.75 Å². The van der Waals surface area contributed by atoms with Gasteiger partial charge in [-0.2, -0.15) is 0 Å². The van der Waals surface area contributed by atoms with Crippen LogP contribution in [-0.2, 0) is 4.74 Å². The van der Waals surface area contributed by atoms with E-state index in [9.17, 15) is 9.90 Å². The Bertz CT molecular complexity index is 563. The first-order valence-electron chi connectivity index (χ1n) is 8.88. The summed E-state index contributed by atoms with van der Waals surface area (Å²) in [6, 6.07) is 7.91. The number of benzene rings is 1. The van der Waals surface area contributed by atoms with Crippen LogP contribution in [0.4, 0.5) is 4.79 Å². The van der Waals surface area contributed by atoms with Gasteiger partial charge in [-0.25, -0.2) is 4.79 Å². The fourth-order valence-electron chi connectivity index (χ4n) is 3.94. The molecule has 0 unspecified atom stereocenters. The van der Waals surface area contributed by atoms with Crippen LogP contribution >= 0.6 is 0 Å². The molecule has 1 saturated carbocycles. The van der Waals surface area contributed by atoms with E-state index in [4.69, 9.17) is 9.47 Å². The lowest BCUT2D eigenvalue weighted by atomic mass is 9.80. The second kappa shape index (κ2) is 7.01. The molecule has 24 heavy (non-hydrogen) atoms. The molecule has 0 bridgehead atoms. The van der Waals surface area contributed by atoms with E-state index in [2.05, 4.69) is 6.92 Å². The average molecular weight is 333 g/mol. The molecular formula is C19H27NO4. The van der Waals surface area contributed by atoms with E-state index in [-0.39, 0.29) is 23.8 Å². The Kier molecular flexibility index (Phi) is 4.99. The summed E-state index contributed by atoms with van der Waals surface area (Å²) in [5.74, 6) is 0.814. The lowest BCUT2D eigenvalue weighted by Gasteiger charge is -2.46. The molecule has 1 aromatic carbocycles. The summed E-state index contributed by atoms with van der Waals surface area (Å²) in [6.07, 6.45) is 4.22. The van der Waals surface area contributed by atoms with Gasteiger partial charge in [0.05, 0.1) is 19.3 Å². The summed E-state index contributed by atoms with van der Waals surface area (Å²) < 4.78 is 11.1. The van der Waals surface area contributed by atoms with Gasteiger partial charge in [0.1, 0.15) is 11.4 Å². The molecule has 5 nitrogen and oxygen atoms in total. The Labute approximate surface area is 143 Å². The molecule has 1 atom stereocenters. The maximum atomic E-state index is 12.7. The minimum absolute atomic E-state index is 0.0231. The quantitative estimate of drug-likeness (QED) is 0.913. The van der Waals surface area contributed by atoms with E-state index in [0.717, 1.165) is 49.8 Å². The number of amides is 1. The predicted octanol–water partition coefficient (Wildman–Crippen LogP) is 3.66. The SMILES string of the molecule is CC[C@@H](c1ccc(OC)cc1)N1CC[C@]2(CC[C@H](O)CC2)OC1=O.